The Bertz CT molecular complexity index is 778. The second-order valence-corrected chi connectivity index (χ2v) is 9.93. The van der Waals surface area contributed by atoms with E-state index in [1.54, 1.807) is 16.4 Å². The van der Waals surface area contributed by atoms with Crippen molar-refractivity contribution in [3.8, 4) is 0 Å². The van der Waals surface area contributed by atoms with Crippen LogP contribution in [0.4, 0.5) is 0 Å². The molecule has 1 aromatic carbocycles. The van der Waals surface area contributed by atoms with Crippen molar-refractivity contribution in [2.24, 2.45) is 5.92 Å². The molecule has 0 unspecified atom stereocenters. The zero-order valence-corrected chi connectivity index (χ0v) is 17.5. The summed E-state index contributed by atoms with van der Waals surface area (Å²) < 4.78 is 27.3. The third-order valence-electron chi connectivity index (χ3n) is 5.94. The summed E-state index contributed by atoms with van der Waals surface area (Å²) in [7, 11) is -3.47. The standard InChI is InChI=1S/C20H31N3O3S/c1-16-6-8-22(9-7-16)20(24)15-21-10-12-23(13-11-21)27(25,26)19-5-4-17(2)18(3)14-19/h4-5,14,16H,6-13,15H2,1-3H3. The Morgan fingerprint density at radius 1 is 1.00 bits per heavy atom. The van der Waals surface area contributed by atoms with Crippen LogP contribution in [0.15, 0.2) is 23.1 Å². The van der Waals surface area contributed by atoms with Crippen molar-refractivity contribution in [2.75, 3.05) is 45.8 Å². The van der Waals surface area contributed by atoms with Gasteiger partial charge in [0.2, 0.25) is 15.9 Å². The second kappa shape index (κ2) is 8.29. The van der Waals surface area contributed by atoms with E-state index in [1.807, 2.05) is 24.8 Å². The number of rotatable bonds is 4. The Hall–Kier alpha value is -1.44. The molecule has 27 heavy (non-hydrogen) atoms. The Morgan fingerprint density at radius 2 is 1.63 bits per heavy atom. The van der Waals surface area contributed by atoms with Crippen molar-refractivity contribution in [1.82, 2.24) is 14.1 Å². The normalized spacial score (nSPS) is 20.8. The number of nitrogens with zero attached hydrogens (tertiary/aromatic N) is 3. The number of carbonyl (C=O) groups excluding carboxylic acids is 1. The average molecular weight is 394 g/mol. The molecule has 0 aliphatic carbocycles. The molecule has 2 heterocycles. The summed E-state index contributed by atoms with van der Waals surface area (Å²) in [5, 5.41) is 0. The van der Waals surface area contributed by atoms with Crippen LogP contribution in [0.3, 0.4) is 0 Å². The molecule has 0 bridgehead atoms. The van der Waals surface area contributed by atoms with Crippen LogP contribution in [0, 0.1) is 19.8 Å². The lowest BCUT2D eigenvalue weighted by atomic mass is 9.99. The molecule has 6 nitrogen and oxygen atoms in total. The highest BCUT2D eigenvalue weighted by molar-refractivity contribution is 7.89. The van der Waals surface area contributed by atoms with Gasteiger partial charge < -0.3 is 4.90 Å². The van der Waals surface area contributed by atoms with Crippen LogP contribution in [-0.4, -0.2) is 74.2 Å². The Balaban J connectivity index is 1.55. The fourth-order valence-corrected chi connectivity index (χ4v) is 5.21. The number of piperazine rings is 1. The summed E-state index contributed by atoms with van der Waals surface area (Å²) in [6, 6.07) is 5.29. The Morgan fingerprint density at radius 3 is 2.22 bits per heavy atom. The minimum atomic E-state index is -3.47. The van der Waals surface area contributed by atoms with Crippen molar-refractivity contribution in [2.45, 2.75) is 38.5 Å². The summed E-state index contributed by atoms with van der Waals surface area (Å²) in [4.78, 5) is 16.9. The number of piperidine rings is 1. The molecule has 0 N–H and O–H groups in total. The van der Waals surface area contributed by atoms with Crippen molar-refractivity contribution in [3.63, 3.8) is 0 Å². The molecular formula is C20H31N3O3S. The van der Waals surface area contributed by atoms with E-state index in [0.29, 0.717) is 43.5 Å². The summed E-state index contributed by atoms with van der Waals surface area (Å²) in [5.41, 5.74) is 2.07. The molecule has 3 rings (SSSR count). The van der Waals surface area contributed by atoms with E-state index in [2.05, 4.69) is 11.8 Å². The predicted octanol–water partition coefficient (Wildman–Crippen LogP) is 1.87. The molecule has 0 spiro atoms. The molecular weight excluding hydrogens is 362 g/mol. The zero-order valence-electron chi connectivity index (χ0n) is 16.6. The second-order valence-electron chi connectivity index (χ2n) is 7.99. The lowest BCUT2D eigenvalue weighted by Gasteiger charge is -2.36. The van der Waals surface area contributed by atoms with Gasteiger partial charge in [-0.25, -0.2) is 8.42 Å². The quantitative estimate of drug-likeness (QED) is 0.784. The largest absolute Gasteiger partial charge is 0.342 e. The number of hydrogen-bond donors (Lipinski definition) is 0. The van der Waals surface area contributed by atoms with Gasteiger partial charge in [-0.3, -0.25) is 9.69 Å². The SMILES string of the molecule is Cc1ccc(S(=O)(=O)N2CCN(CC(=O)N3CCC(C)CC3)CC2)cc1C. The van der Waals surface area contributed by atoms with Crippen molar-refractivity contribution in [1.29, 1.82) is 0 Å². The van der Waals surface area contributed by atoms with Gasteiger partial charge in [-0.2, -0.15) is 4.31 Å². The third-order valence-corrected chi connectivity index (χ3v) is 7.84. The van der Waals surface area contributed by atoms with Gasteiger partial charge in [0.25, 0.3) is 0 Å². The van der Waals surface area contributed by atoms with Crippen LogP contribution in [0.25, 0.3) is 0 Å². The summed E-state index contributed by atoms with van der Waals surface area (Å²) in [5.74, 6) is 0.876. The van der Waals surface area contributed by atoms with Crippen LogP contribution in [0.2, 0.25) is 0 Å². The molecule has 0 atom stereocenters. The van der Waals surface area contributed by atoms with Gasteiger partial charge in [0.1, 0.15) is 0 Å². The van der Waals surface area contributed by atoms with Crippen LogP contribution >= 0.6 is 0 Å². The van der Waals surface area contributed by atoms with E-state index in [4.69, 9.17) is 0 Å². The molecule has 2 aliphatic rings. The van der Waals surface area contributed by atoms with E-state index in [1.165, 1.54) is 0 Å². The number of likely N-dealkylation sites (tertiary alicyclic amines) is 1. The van der Waals surface area contributed by atoms with Gasteiger partial charge in [-0.05, 0) is 55.9 Å². The fraction of sp³-hybridized carbons (Fsp3) is 0.650. The predicted molar refractivity (Wildman–Crippen MR) is 106 cm³/mol. The van der Waals surface area contributed by atoms with Gasteiger partial charge in [0.05, 0.1) is 11.4 Å². The lowest BCUT2D eigenvalue weighted by molar-refractivity contribution is -0.134. The Labute approximate surface area is 163 Å². The fourth-order valence-electron chi connectivity index (χ4n) is 3.70. The van der Waals surface area contributed by atoms with Gasteiger partial charge in [-0.15, -0.1) is 0 Å². The minimum Gasteiger partial charge on any atom is -0.342 e. The molecule has 150 valence electrons. The first kappa shape index (κ1) is 20.3. The summed E-state index contributed by atoms with van der Waals surface area (Å²) in [6.07, 6.45) is 2.15. The van der Waals surface area contributed by atoms with Gasteiger partial charge in [0.15, 0.2) is 0 Å². The number of benzene rings is 1. The maximum absolute atomic E-state index is 12.9. The summed E-state index contributed by atoms with van der Waals surface area (Å²) >= 11 is 0. The molecule has 2 aliphatic heterocycles. The smallest absolute Gasteiger partial charge is 0.243 e. The molecule has 1 amide bonds. The number of amides is 1. The number of carbonyl (C=O) groups is 1. The van der Waals surface area contributed by atoms with E-state index in [-0.39, 0.29) is 5.91 Å². The molecule has 2 saturated heterocycles. The van der Waals surface area contributed by atoms with Gasteiger partial charge in [0, 0.05) is 39.3 Å². The number of aryl methyl sites for hydroxylation is 2. The van der Waals surface area contributed by atoms with Crippen molar-refractivity contribution >= 4 is 15.9 Å². The molecule has 0 radical (unpaired) electrons. The third kappa shape index (κ3) is 4.70. The van der Waals surface area contributed by atoms with Crippen LogP contribution in [0.1, 0.15) is 30.9 Å². The molecule has 0 aromatic heterocycles. The highest BCUT2D eigenvalue weighted by Crippen LogP contribution is 2.21. The molecule has 1 aromatic rings. The van der Waals surface area contributed by atoms with Crippen LogP contribution in [-0.2, 0) is 14.8 Å². The highest BCUT2D eigenvalue weighted by atomic mass is 32.2. The maximum Gasteiger partial charge on any atom is 0.243 e. The van der Waals surface area contributed by atoms with E-state index < -0.39 is 10.0 Å². The first-order valence-electron chi connectivity index (χ1n) is 9.85. The average Bonchev–Trinajstić information content (AvgIpc) is 2.65. The van der Waals surface area contributed by atoms with Gasteiger partial charge >= 0.3 is 0 Å². The molecule has 0 saturated carbocycles. The zero-order chi connectivity index (χ0) is 19.6. The van der Waals surface area contributed by atoms with E-state index in [0.717, 1.165) is 37.1 Å². The van der Waals surface area contributed by atoms with Gasteiger partial charge in [-0.1, -0.05) is 13.0 Å². The van der Waals surface area contributed by atoms with Crippen LogP contribution in [0.5, 0.6) is 0 Å². The number of sulfonamides is 1. The van der Waals surface area contributed by atoms with Crippen LogP contribution < -0.4 is 0 Å². The highest BCUT2D eigenvalue weighted by Gasteiger charge is 2.30. The molecule has 7 heteroatoms. The number of hydrogen-bond acceptors (Lipinski definition) is 4. The summed E-state index contributed by atoms with van der Waals surface area (Å²) in [6.45, 7) is 10.3. The van der Waals surface area contributed by atoms with E-state index >= 15 is 0 Å². The van der Waals surface area contributed by atoms with E-state index in [9.17, 15) is 13.2 Å². The van der Waals surface area contributed by atoms with Crippen molar-refractivity contribution < 1.29 is 13.2 Å². The first-order valence-corrected chi connectivity index (χ1v) is 11.3. The Kier molecular flexibility index (Phi) is 6.23. The first-order chi connectivity index (χ1) is 12.8. The topological polar surface area (TPSA) is 60.9 Å². The molecule has 2 fully saturated rings. The lowest BCUT2D eigenvalue weighted by Crippen LogP contribution is -2.52. The monoisotopic (exact) mass is 393 g/mol. The maximum atomic E-state index is 12.9. The minimum absolute atomic E-state index is 0.173. The van der Waals surface area contributed by atoms with Crippen molar-refractivity contribution in [3.05, 3.63) is 29.3 Å².